The van der Waals surface area contributed by atoms with Crippen LogP contribution in [0, 0.1) is 0 Å². The Balaban J connectivity index is 2.53. The van der Waals surface area contributed by atoms with Gasteiger partial charge in [-0.15, -0.1) is 0 Å². The molecule has 0 fully saturated rings. The first-order chi connectivity index (χ1) is 6.11. The van der Waals surface area contributed by atoms with E-state index in [2.05, 4.69) is 4.98 Å². The van der Waals surface area contributed by atoms with Crippen LogP contribution in [0.2, 0.25) is 0 Å². The first-order valence-electron chi connectivity index (χ1n) is 4.19. The monoisotopic (exact) mass is 201 g/mol. The van der Waals surface area contributed by atoms with Gasteiger partial charge in [-0.1, -0.05) is 0 Å². The Morgan fingerprint density at radius 2 is 2.46 bits per heavy atom. The lowest BCUT2D eigenvalue weighted by atomic mass is 10.2. The van der Waals surface area contributed by atoms with Crippen LogP contribution in [0.25, 0.3) is 0 Å². The van der Waals surface area contributed by atoms with Gasteiger partial charge in [0.2, 0.25) is 0 Å². The topological polar surface area (TPSA) is 60.9 Å². The van der Waals surface area contributed by atoms with E-state index in [0.29, 0.717) is 11.7 Å². The van der Waals surface area contributed by atoms with Gasteiger partial charge in [0.1, 0.15) is 0 Å². The van der Waals surface area contributed by atoms with Gasteiger partial charge in [0.05, 0.1) is 0 Å². The number of hydrogen-bond donors (Lipinski definition) is 1. The number of hydrogen-bond acceptors (Lipinski definition) is 3. The second kappa shape index (κ2) is 4.41. The van der Waals surface area contributed by atoms with E-state index in [1.165, 1.54) is 0 Å². The largest absolute Gasteiger partial charge is 0.369 e. The molecule has 2 atom stereocenters. The number of nitrogen functional groups attached to an aromatic ring is 1. The average molecular weight is 201 g/mol. The van der Waals surface area contributed by atoms with Gasteiger partial charge in [-0.3, -0.25) is 4.21 Å². The Morgan fingerprint density at radius 3 is 2.92 bits per heavy atom. The van der Waals surface area contributed by atoms with Crippen LogP contribution in [0.4, 0.5) is 5.95 Å². The summed E-state index contributed by atoms with van der Waals surface area (Å²) in [5.74, 6) is 1.23. The second-order valence-electron chi connectivity index (χ2n) is 3.11. The standard InChI is InChI=1S/C8H15N3OS/c1-7(3-6-13(2)12)11-5-4-10-8(11)9/h4-5,7H,3,6H2,1-2H3,(H2,9,10). The first-order valence-corrected chi connectivity index (χ1v) is 5.92. The highest BCUT2D eigenvalue weighted by atomic mass is 32.2. The zero-order chi connectivity index (χ0) is 9.84. The predicted molar refractivity (Wildman–Crippen MR) is 54.9 cm³/mol. The zero-order valence-electron chi connectivity index (χ0n) is 7.93. The Bertz CT molecular complexity index is 297. The minimum atomic E-state index is -0.729. The molecule has 1 aromatic rings. The van der Waals surface area contributed by atoms with Crippen molar-refractivity contribution in [3.05, 3.63) is 12.4 Å². The summed E-state index contributed by atoms with van der Waals surface area (Å²) in [6.07, 6.45) is 6.10. The number of anilines is 1. The van der Waals surface area contributed by atoms with Crippen LogP contribution in [-0.2, 0) is 10.8 Å². The van der Waals surface area contributed by atoms with Crippen LogP contribution in [0.1, 0.15) is 19.4 Å². The minimum Gasteiger partial charge on any atom is -0.369 e. The molecule has 0 amide bonds. The fourth-order valence-electron chi connectivity index (χ4n) is 1.17. The molecule has 5 heteroatoms. The fraction of sp³-hybridized carbons (Fsp3) is 0.625. The lowest BCUT2D eigenvalue weighted by Crippen LogP contribution is -2.10. The van der Waals surface area contributed by atoms with E-state index in [4.69, 9.17) is 5.73 Å². The molecule has 1 heterocycles. The molecule has 0 aromatic carbocycles. The highest BCUT2D eigenvalue weighted by molar-refractivity contribution is 7.84. The Labute approximate surface area is 80.6 Å². The summed E-state index contributed by atoms with van der Waals surface area (Å²) in [6, 6.07) is 0.270. The van der Waals surface area contributed by atoms with Crippen LogP contribution in [0.3, 0.4) is 0 Å². The molecule has 13 heavy (non-hydrogen) atoms. The predicted octanol–water partition coefficient (Wildman–Crippen LogP) is 0.795. The molecule has 0 saturated carbocycles. The van der Waals surface area contributed by atoms with Crippen molar-refractivity contribution in [2.24, 2.45) is 0 Å². The van der Waals surface area contributed by atoms with E-state index in [-0.39, 0.29) is 6.04 Å². The number of imidazole rings is 1. The van der Waals surface area contributed by atoms with Crippen molar-refractivity contribution >= 4 is 16.7 Å². The Kier molecular flexibility index (Phi) is 3.48. The van der Waals surface area contributed by atoms with Gasteiger partial charge < -0.3 is 10.3 Å². The zero-order valence-corrected chi connectivity index (χ0v) is 8.75. The molecule has 1 aromatic heterocycles. The fourth-order valence-corrected chi connectivity index (χ4v) is 1.85. The summed E-state index contributed by atoms with van der Waals surface area (Å²) in [5.41, 5.74) is 5.62. The summed E-state index contributed by atoms with van der Waals surface area (Å²) in [4.78, 5) is 3.93. The second-order valence-corrected chi connectivity index (χ2v) is 4.66. The van der Waals surface area contributed by atoms with E-state index in [1.54, 1.807) is 12.5 Å². The third-order valence-electron chi connectivity index (χ3n) is 2.00. The maximum Gasteiger partial charge on any atom is 0.200 e. The number of rotatable bonds is 4. The lowest BCUT2D eigenvalue weighted by Gasteiger charge is -2.13. The van der Waals surface area contributed by atoms with Crippen molar-refractivity contribution in [3.63, 3.8) is 0 Å². The molecule has 74 valence electrons. The van der Waals surface area contributed by atoms with Gasteiger partial charge in [-0.2, -0.15) is 0 Å². The lowest BCUT2D eigenvalue weighted by molar-refractivity contribution is 0.538. The van der Waals surface area contributed by atoms with Crippen LogP contribution in [-0.4, -0.2) is 25.8 Å². The Hall–Kier alpha value is -0.840. The smallest absolute Gasteiger partial charge is 0.200 e. The molecule has 0 aliphatic carbocycles. The first kappa shape index (κ1) is 10.2. The average Bonchev–Trinajstić information content (AvgIpc) is 2.47. The molecular formula is C8H15N3OS. The van der Waals surface area contributed by atoms with E-state index < -0.39 is 10.8 Å². The van der Waals surface area contributed by atoms with Gasteiger partial charge in [0.15, 0.2) is 5.95 Å². The molecule has 0 spiro atoms. The van der Waals surface area contributed by atoms with Crippen molar-refractivity contribution in [2.45, 2.75) is 19.4 Å². The van der Waals surface area contributed by atoms with E-state index in [9.17, 15) is 4.21 Å². The van der Waals surface area contributed by atoms with Crippen molar-refractivity contribution in [1.29, 1.82) is 0 Å². The maximum absolute atomic E-state index is 10.9. The molecule has 0 aliphatic rings. The van der Waals surface area contributed by atoms with E-state index >= 15 is 0 Å². The van der Waals surface area contributed by atoms with Gasteiger partial charge in [0, 0.05) is 41.2 Å². The molecule has 4 nitrogen and oxygen atoms in total. The minimum absolute atomic E-state index is 0.270. The van der Waals surface area contributed by atoms with Crippen LogP contribution < -0.4 is 5.73 Å². The molecule has 2 unspecified atom stereocenters. The van der Waals surface area contributed by atoms with Crippen LogP contribution in [0.15, 0.2) is 12.4 Å². The number of aromatic nitrogens is 2. The molecule has 0 saturated heterocycles. The third-order valence-corrected chi connectivity index (χ3v) is 2.81. The number of nitrogens with two attached hydrogens (primary N) is 1. The summed E-state index contributed by atoms with van der Waals surface area (Å²) in [5, 5.41) is 0. The van der Waals surface area contributed by atoms with E-state index in [0.717, 1.165) is 6.42 Å². The molecule has 2 N–H and O–H groups in total. The maximum atomic E-state index is 10.9. The van der Waals surface area contributed by atoms with Crippen molar-refractivity contribution in [2.75, 3.05) is 17.7 Å². The normalized spacial score (nSPS) is 15.5. The number of nitrogens with zero attached hydrogens (tertiary/aromatic N) is 2. The SMILES string of the molecule is CC(CCS(C)=O)n1ccnc1N. The Morgan fingerprint density at radius 1 is 1.77 bits per heavy atom. The van der Waals surface area contributed by atoms with Crippen molar-refractivity contribution in [3.8, 4) is 0 Å². The molecule has 0 aliphatic heterocycles. The quantitative estimate of drug-likeness (QED) is 0.783. The van der Waals surface area contributed by atoms with Gasteiger partial charge in [-0.05, 0) is 13.3 Å². The van der Waals surface area contributed by atoms with Gasteiger partial charge in [0.25, 0.3) is 0 Å². The van der Waals surface area contributed by atoms with Gasteiger partial charge in [-0.25, -0.2) is 4.98 Å². The molecule has 1 rings (SSSR count). The summed E-state index contributed by atoms with van der Waals surface area (Å²) >= 11 is 0. The highest BCUT2D eigenvalue weighted by Gasteiger charge is 2.07. The van der Waals surface area contributed by atoms with Crippen molar-refractivity contribution < 1.29 is 4.21 Å². The molecule has 0 bridgehead atoms. The summed E-state index contributed by atoms with van der Waals surface area (Å²) in [6.45, 7) is 2.05. The van der Waals surface area contributed by atoms with Crippen molar-refractivity contribution in [1.82, 2.24) is 9.55 Å². The molecule has 0 radical (unpaired) electrons. The highest BCUT2D eigenvalue weighted by Crippen LogP contribution is 2.14. The summed E-state index contributed by atoms with van der Waals surface area (Å²) in [7, 11) is -0.729. The van der Waals surface area contributed by atoms with E-state index in [1.807, 2.05) is 17.7 Å². The van der Waals surface area contributed by atoms with Crippen LogP contribution >= 0.6 is 0 Å². The van der Waals surface area contributed by atoms with Crippen LogP contribution in [0.5, 0.6) is 0 Å². The third kappa shape index (κ3) is 2.84. The van der Waals surface area contributed by atoms with Gasteiger partial charge >= 0.3 is 0 Å². The summed E-state index contributed by atoms with van der Waals surface area (Å²) < 4.78 is 12.8. The molecular weight excluding hydrogens is 186 g/mol.